The lowest BCUT2D eigenvalue weighted by atomic mass is 10.1. The minimum atomic E-state index is -0.423. The molecule has 31 heavy (non-hydrogen) atoms. The SMILES string of the molecule is COc1ccccc1CNC(=O)c1ccc2c(c1)C(=O)N(c1cc(C)ccc1C)C2=O. The molecule has 0 saturated heterocycles. The molecule has 1 aliphatic heterocycles. The summed E-state index contributed by atoms with van der Waals surface area (Å²) in [6.45, 7) is 4.04. The van der Waals surface area contributed by atoms with Crippen molar-refractivity contribution in [1.29, 1.82) is 0 Å². The van der Waals surface area contributed by atoms with Crippen molar-refractivity contribution >= 4 is 23.4 Å². The number of hydrogen-bond donors (Lipinski definition) is 1. The third-order valence-electron chi connectivity index (χ3n) is 5.39. The summed E-state index contributed by atoms with van der Waals surface area (Å²) >= 11 is 0. The average molecular weight is 414 g/mol. The quantitative estimate of drug-likeness (QED) is 0.640. The van der Waals surface area contributed by atoms with Crippen LogP contribution in [0.3, 0.4) is 0 Å². The van der Waals surface area contributed by atoms with Gasteiger partial charge in [0, 0.05) is 17.7 Å². The van der Waals surface area contributed by atoms with Crippen LogP contribution >= 0.6 is 0 Å². The van der Waals surface area contributed by atoms with Gasteiger partial charge in [-0.2, -0.15) is 0 Å². The molecule has 1 aliphatic rings. The van der Waals surface area contributed by atoms with Crippen molar-refractivity contribution in [2.24, 2.45) is 0 Å². The van der Waals surface area contributed by atoms with Crippen molar-refractivity contribution in [2.45, 2.75) is 20.4 Å². The molecular formula is C25H22N2O4. The molecule has 0 saturated carbocycles. The van der Waals surface area contributed by atoms with Gasteiger partial charge in [-0.05, 0) is 55.3 Å². The Morgan fingerprint density at radius 1 is 0.935 bits per heavy atom. The van der Waals surface area contributed by atoms with Crippen molar-refractivity contribution in [3.05, 3.63) is 94.0 Å². The molecule has 0 fully saturated rings. The topological polar surface area (TPSA) is 75.7 Å². The maximum atomic E-state index is 13.1. The Balaban J connectivity index is 1.58. The van der Waals surface area contributed by atoms with Gasteiger partial charge in [-0.1, -0.05) is 30.3 Å². The smallest absolute Gasteiger partial charge is 0.266 e. The monoisotopic (exact) mass is 414 g/mol. The van der Waals surface area contributed by atoms with Crippen LogP contribution in [0.2, 0.25) is 0 Å². The first-order chi connectivity index (χ1) is 14.9. The second-order valence-electron chi connectivity index (χ2n) is 7.49. The summed E-state index contributed by atoms with van der Waals surface area (Å²) < 4.78 is 5.30. The Kier molecular flexibility index (Phi) is 5.29. The first-order valence-corrected chi connectivity index (χ1v) is 9.91. The number of para-hydroxylation sites is 1. The Morgan fingerprint density at radius 3 is 2.45 bits per heavy atom. The van der Waals surface area contributed by atoms with E-state index < -0.39 is 5.91 Å². The van der Waals surface area contributed by atoms with Gasteiger partial charge in [0.05, 0.1) is 23.9 Å². The maximum absolute atomic E-state index is 13.1. The summed E-state index contributed by atoms with van der Waals surface area (Å²) in [5.74, 6) is -0.455. The summed E-state index contributed by atoms with van der Waals surface area (Å²) in [7, 11) is 1.57. The van der Waals surface area contributed by atoms with Crippen LogP contribution in [0.1, 0.15) is 47.8 Å². The predicted molar refractivity (Wildman–Crippen MR) is 118 cm³/mol. The van der Waals surface area contributed by atoms with Crippen molar-refractivity contribution in [3.63, 3.8) is 0 Å². The highest BCUT2D eigenvalue weighted by molar-refractivity contribution is 6.35. The van der Waals surface area contributed by atoms with Gasteiger partial charge in [-0.15, -0.1) is 0 Å². The minimum Gasteiger partial charge on any atom is -0.496 e. The molecule has 0 aliphatic carbocycles. The number of carbonyl (C=O) groups is 3. The van der Waals surface area contributed by atoms with E-state index in [4.69, 9.17) is 4.74 Å². The number of anilines is 1. The molecule has 6 heteroatoms. The minimum absolute atomic E-state index is 0.232. The van der Waals surface area contributed by atoms with Crippen molar-refractivity contribution in [2.75, 3.05) is 12.0 Å². The number of rotatable bonds is 5. The molecule has 0 spiro atoms. The second kappa shape index (κ2) is 8.07. The Labute approximate surface area is 180 Å². The summed E-state index contributed by atoms with van der Waals surface area (Å²) in [5, 5.41) is 2.84. The van der Waals surface area contributed by atoms with Gasteiger partial charge in [-0.3, -0.25) is 14.4 Å². The van der Waals surface area contributed by atoms with Gasteiger partial charge in [-0.25, -0.2) is 4.90 Å². The number of ether oxygens (including phenoxy) is 1. The fourth-order valence-electron chi connectivity index (χ4n) is 3.69. The Morgan fingerprint density at radius 2 is 1.68 bits per heavy atom. The number of hydrogen-bond acceptors (Lipinski definition) is 4. The highest BCUT2D eigenvalue weighted by Gasteiger charge is 2.37. The maximum Gasteiger partial charge on any atom is 0.266 e. The van der Waals surface area contributed by atoms with E-state index in [1.165, 1.54) is 11.0 Å². The summed E-state index contributed by atoms with van der Waals surface area (Å²) in [5.41, 5.74) is 4.03. The van der Waals surface area contributed by atoms with Crippen LogP contribution < -0.4 is 15.0 Å². The number of benzene rings is 3. The third kappa shape index (κ3) is 3.68. The Bertz CT molecular complexity index is 1220. The second-order valence-corrected chi connectivity index (χ2v) is 7.49. The average Bonchev–Trinajstić information content (AvgIpc) is 3.03. The molecule has 0 bridgehead atoms. The lowest BCUT2D eigenvalue weighted by molar-refractivity contribution is 0.0923. The van der Waals surface area contributed by atoms with Gasteiger partial charge in [0.15, 0.2) is 0 Å². The number of nitrogens with zero attached hydrogens (tertiary/aromatic N) is 1. The molecule has 0 unspecified atom stereocenters. The van der Waals surface area contributed by atoms with E-state index >= 15 is 0 Å². The molecule has 4 rings (SSSR count). The van der Waals surface area contributed by atoms with Crippen molar-refractivity contribution < 1.29 is 19.1 Å². The molecule has 156 valence electrons. The van der Waals surface area contributed by atoms with E-state index in [2.05, 4.69) is 5.32 Å². The largest absolute Gasteiger partial charge is 0.496 e. The molecule has 6 nitrogen and oxygen atoms in total. The molecule has 0 radical (unpaired) electrons. The van der Waals surface area contributed by atoms with Gasteiger partial charge in [0.1, 0.15) is 5.75 Å². The molecular weight excluding hydrogens is 392 g/mol. The third-order valence-corrected chi connectivity index (χ3v) is 5.39. The van der Waals surface area contributed by atoms with Gasteiger partial charge >= 0.3 is 0 Å². The molecule has 1 heterocycles. The van der Waals surface area contributed by atoms with E-state index in [-0.39, 0.29) is 23.9 Å². The highest BCUT2D eigenvalue weighted by atomic mass is 16.5. The zero-order chi connectivity index (χ0) is 22.1. The number of amides is 3. The van der Waals surface area contributed by atoms with Crippen LogP contribution in [0, 0.1) is 13.8 Å². The van der Waals surface area contributed by atoms with Crippen LogP contribution in [0.4, 0.5) is 5.69 Å². The van der Waals surface area contributed by atoms with Gasteiger partial charge in [0.2, 0.25) is 0 Å². The fourth-order valence-corrected chi connectivity index (χ4v) is 3.69. The first kappa shape index (κ1) is 20.3. The number of carbonyl (C=O) groups excluding carboxylic acids is 3. The number of nitrogens with one attached hydrogen (secondary N) is 1. The number of fused-ring (bicyclic) bond motifs is 1. The van der Waals surface area contributed by atoms with E-state index in [0.29, 0.717) is 22.6 Å². The predicted octanol–water partition coefficient (Wildman–Crippen LogP) is 4.04. The van der Waals surface area contributed by atoms with Crippen LogP contribution in [-0.2, 0) is 6.54 Å². The zero-order valence-corrected chi connectivity index (χ0v) is 17.6. The van der Waals surface area contributed by atoms with Gasteiger partial charge in [0.25, 0.3) is 17.7 Å². The number of aryl methyl sites for hydroxylation is 2. The number of imide groups is 1. The normalized spacial score (nSPS) is 12.7. The van der Waals surface area contributed by atoms with Crippen LogP contribution in [0.15, 0.2) is 60.7 Å². The Hall–Kier alpha value is -3.93. The lowest BCUT2D eigenvalue weighted by Crippen LogP contribution is -2.30. The molecule has 0 aromatic heterocycles. The van der Waals surface area contributed by atoms with Gasteiger partial charge < -0.3 is 10.1 Å². The summed E-state index contributed by atoms with van der Waals surface area (Å²) in [4.78, 5) is 39.9. The molecule has 0 atom stereocenters. The van der Waals surface area contributed by atoms with E-state index in [0.717, 1.165) is 16.7 Å². The van der Waals surface area contributed by atoms with E-state index in [9.17, 15) is 14.4 Å². The van der Waals surface area contributed by atoms with E-state index in [1.807, 2.05) is 56.3 Å². The van der Waals surface area contributed by atoms with Crippen molar-refractivity contribution in [3.8, 4) is 5.75 Å². The standard InChI is InChI=1S/C25H22N2O4/c1-15-8-9-16(2)21(12-15)27-24(29)19-11-10-17(13-20(19)25(27)30)23(28)26-14-18-6-4-5-7-22(18)31-3/h4-13H,14H2,1-3H3,(H,26,28). The first-order valence-electron chi connectivity index (χ1n) is 9.91. The summed E-state index contributed by atoms with van der Waals surface area (Å²) in [6, 6.07) is 17.6. The lowest BCUT2D eigenvalue weighted by Gasteiger charge is -2.17. The van der Waals surface area contributed by atoms with Crippen LogP contribution in [0.25, 0.3) is 0 Å². The molecule has 3 amide bonds. The van der Waals surface area contributed by atoms with Crippen LogP contribution in [-0.4, -0.2) is 24.8 Å². The molecule has 3 aromatic rings. The highest BCUT2D eigenvalue weighted by Crippen LogP contribution is 2.31. The van der Waals surface area contributed by atoms with E-state index in [1.54, 1.807) is 19.2 Å². The van der Waals surface area contributed by atoms with Crippen LogP contribution in [0.5, 0.6) is 5.75 Å². The summed E-state index contributed by atoms with van der Waals surface area (Å²) in [6.07, 6.45) is 0. The molecule has 1 N–H and O–H groups in total. The van der Waals surface area contributed by atoms with Crippen molar-refractivity contribution in [1.82, 2.24) is 5.32 Å². The fraction of sp³-hybridized carbons (Fsp3) is 0.160. The zero-order valence-electron chi connectivity index (χ0n) is 17.6. The number of methoxy groups -OCH3 is 1. The molecule has 3 aromatic carbocycles.